The van der Waals surface area contributed by atoms with Crippen LogP contribution in [0.4, 0.5) is 0 Å². The Balaban J connectivity index is 2.13. The largest absolute Gasteiger partial charge is 0.497 e. The molecule has 0 aliphatic carbocycles. The lowest BCUT2D eigenvalue weighted by Crippen LogP contribution is -2.20. The molecule has 5 nitrogen and oxygen atoms in total. The van der Waals surface area contributed by atoms with Gasteiger partial charge in [-0.1, -0.05) is 31.2 Å². The van der Waals surface area contributed by atoms with Crippen LogP contribution in [0.5, 0.6) is 11.5 Å². The molecule has 0 radical (unpaired) electrons. The van der Waals surface area contributed by atoms with E-state index < -0.39 is 0 Å². The zero-order chi connectivity index (χ0) is 17.5. The number of carbonyl (C=O) groups excluding carboxylic acids is 1. The number of nitrogens with zero attached hydrogens (tertiary/aromatic N) is 1. The van der Waals surface area contributed by atoms with Crippen LogP contribution in [0.3, 0.4) is 0 Å². The summed E-state index contributed by atoms with van der Waals surface area (Å²) in [5.41, 5.74) is 5.93. The first-order valence-corrected chi connectivity index (χ1v) is 7.75. The van der Waals surface area contributed by atoms with E-state index in [9.17, 15) is 4.79 Å². The van der Waals surface area contributed by atoms with E-state index in [0.717, 1.165) is 17.7 Å². The highest BCUT2D eigenvalue weighted by molar-refractivity contribution is 6.01. The second-order valence-corrected chi connectivity index (χ2v) is 5.25. The number of hydrogen-bond donors (Lipinski definition) is 1. The van der Waals surface area contributed by atoms with E-state index in [1.165, 1.54) is 12.7 Å². The number of ether oxygens (including phenoxy) is 2. The molecule has 0 unspecified atom stereocenters. The molecule has 0 saturated carbocycles. The maximum Gasteiger partial charge on any atom is 0.275 e. The first-order valence-electron chi connectivity index (χ1n) is 7.75. The third-order valence-electron chi connectivity index (χ3n) is 3.76. The predicted octanol–water partition coefficient (Wildman–Crippen LogP) is 3.42. The average Bonchev–Trinajstić information content (AvgIpc) is 2.65. The van der Waals surface area contributed by atoms with Gasteiger partial charge in [-0.15, -0.1) is 0 Å². The summed E-state index contributed by atoms with van der Waals surface area (Å²) in [4.78, 5) is 12.3. The van der Waals surface area contributed by atoms with Gasteiger partial charge in [0.2, 0.25) is 0 Å². The predicted molar refractivity (Wildman–Crippen MR) is 95.0 cm³/mol. The van der Waals surface area contributed by atoms with E-state index in [1.807, 2.05) is 19.1 Å². The van der Waals surface area contributed by atoms with E-state index in [1.54, 1.807) is 25.3 Å². The van der Waals surface area contributed by atoms with Crippen LogP contribution in [-0.4, -0.2) is 25.8 Å². The molecule has 0 fully saturated rings. The van der Waals surface area contributed by atoms with E-state index in [2.05, 4.69) is 29.6 Å². The van der Waals surface area contributed by atoms with Crippen molar-refractivity contribution < 1.29 is 14.3 Å². The number of methoxy groups -OCH3 is 2. The van der Waals surface area contributed by atoms with Crippen molar-refractivity contribution in [2.75, 3.05) is 14.2 Å². The summed E-state index contributed by atoms with van der Waals surface area (Å²) >= 11 is 0. The van der Waals surface area contributed by atoms with Crippen molar-refractivity contribution in [1.29, 1.82) is 0 Å². The Labute approximate surface area is 142 Å². The second kappa shape index (κ2) is 8.15. The smallest absolute Gasteiger partial charge is 0.275 e. The van der Waals surface area contributed by atoms with Crippen LogP contribution in [0, 0.1) is 0 Å². The van der Waals surface area contributed by atoms with Gasteiger partial charge in [0.1, 0.15) is 11.5 Å². The Hall–Kier alpha value is -2.82. The molecule has 0 saturated heterocycles. The number of benzene rings is 2. The zero-order valence-electron chi connectivity index (χ0n) is 14.4. The standard InChI is InChI=1S/C19H22N2O3/c1-5-14-6-8-15(9-7-14)13(2)20-21-19(22)17-11-10-16(23-3)12-18(17)24-4/h6-12H,5H2,1-4H3,(H,21,22). The lowest BCUT2D eigenvalue weighted by atomic mass is 10.1. The molecule has 0 aliphatic rings. The highest BCUT2D eigenvalue weighted by Gasteiger charge is 2.13. The Kier molecular flexibility index (Phi) is 5.95. The molecule has 0 aromatic heterocycles. The van der Waals surface area contributed by atoms with E-state index in [-0.39, 0.29) is 5.91 Å². The Morgan fingerprint density at radius 1 is 1.08 bits per heavy atom. The summed E-state index contributed by atoms with van der Waals surface area (Å²) in [5.74, 6) is 0.727. The van der Waals surface area contributed by atoms with Crippen molar-refractivity contribution in [2.45, 2.75) is 20.3 Å². The van der Waals surface area contributed by atoms with Crippen molar-refractivity contribution in [3.8, 4) is 11.5 Å². The van der Waals surface area contributed by atoms with Gasteiger partial charge in [-0.2, -0.15) is 5.10 Å². The van der Waals surface area contributed by atoms with Crippen LogP contribution in [0.15, 0.2) is 47.6 Å². The van der Waals surface area contributed by atoms with Gasteiger partial charge in [-0.05, 0) is 36.6 Å². The fourth-order valence-electron chi connectivity index (χ4n) is 2.23. The summed E-state index contributed by atoms with van der Waals surface area (Å²) in [7, 11) is 3.07. The normalized spacial score (nSPS) is 11.1. The summed E-state index contributed by atoms with van der Waals surface area (Å²) in [6.07, 6.45) is 0.991. The molecule has 0 atom stereocenters. The van der Waals surface area contributed by atoms with Crippen LogP contribution in [-0.2, 0) is 6.42 Å². The topological polar surface area (TPSA) is 59.9 Å². The molecule has 1 amide bonds. The molecule has 2 aromatic rings. The van der Waals surface area contributed by atoms with Crippen molar-refractivity contribution in [3.05, 3.63) is 59.2 Å². The van der Waals surface area contributed by atoms with Gasteiger partial charge in [0, 0.05) is 6.07 Å². The first-order chi connectivity index (χ1) is 11.6. The van der Waals surface area contributed by atoms with Crippen molar-refractivity contribution in [1.82, 2.24) is 5.43 Å². The molecule has 0 spiro atoms. The van der Waals surface area contributed by atoms with Gasteiger partial charge < -0.3 is 9.47 Å². The molecule has 2 rings (SSSR count). The van der Waals surface area contributed by atoms with Crippen LogP contribution < -0.4 is 14.9 Å². The summed E-state index contributed by atoms with van der Waals surface area (Å²) in [6.45, 7) is 3.96. The second-order valence-electron chi connectivity index (χ2n) is 5.25. The maximum atomic E-state index is 12.3. The number of amides is 1. The molecule has 24 heavy (non-hydrogen) atoms. The van der Waals surface area contributed by atoms with Gasteiger partial charge >= 0.3 is 0 Å². The van der Waals surface area contributed by atoms with Crippen LogP contribution in [0.2, 0.25) is 0 Å². The summed E-state index contributed by atoms with van der Waals surface area (Å²) in [6, 6.07) is 13.1. The molecule has 1 N–H and O–H groups in total. The van der Waals surface area contributed by atoms with Crippen molar-refractivity contribution >= 4 is 11.6 Å². The Bertz CT molecular complexity index is 737. The lowest BCUT2D eigenvalue weighted by Gasteiger charge is -2.09. The molecule has 0 heterocycles. The zero-order valence-corrected chi connectivity index (χ0v) is 14.4. The number of hydrazone groups is 1. The number of nitrogens with one attached hydrogen (secondary N) is 1. The van der Waals surface area contributed by atoms with Crippen LogP contribution in [0.25, 0.3) is 0 Å². The highest BCUT2D eigenvalue weighted by atomic mass is 16.5. The van der Waals surface area contributed by atoms with Gasteiger partial charge in [0.05, 0.1) is 25.5 Å². The lowest BCUT2D eigenvalue weighted by molar-refractivity contribution is 0.0951. The third-order valence-corrected chi connectivity index (χ3v) is 3.76. The van der Waals surface area contributed by atoms with Crippen molar-refractivity contribution in [2.24, 2.45) is 5.10 Å². The monoisotopic (exact) mass is 326 g/mol. The first kappa shape index (κ1) is 17.5. The fraction of sp³-hybridized carbons (Fsp3) is 0.263. The minimum atomic E-state index is -0.334. The Morgan fingerprint density at radius 3 is 2.38 bits per heavy atom. The molecule has 0 aliphatic heterocycles. The highest BCUT2D eigenvalue weighted by Crippen LogP contribution is 2.24. The van der Waals surface area contributed by atoms with Crippen molar-refractivity contribution in [3.63, 3.8) is 0 Å². The van der Waals surface area contributed by atoms with E-state index in [4.69, 9.17) is 9.47 Å². The SMILES string of the molecule is CCc1ccc(C(C)=NNC(=O)c2ccc(OC)cc2OC)cc1. The number of hydrogen-bond acceptors (Lipinski definition) is 4. The van der Waals surface area contributed by atoms with Gasteiger partial charge in [0.15, 0.2) is 0 Å². The maximum absolute atomic E-state index is 12.3. The summed E-state index contributed by atoms with van der Waals surface area (Å²) in [5, 5.41) is 4.17. The molecule has 2 aromatic carbocycles. The fourth-order valence-corrected chi connectivity index (χ4v) is 2.23. The molecular weight excluding hydrogens is 304 g/mol. The Morgan fingerprint density at radius 2 is 1.79 bits per heavy atom. The van der Waals surface area contributed by atoms with Crippen LogP contribution >= 0.6 is 0 Å². The van der Waals surface area contributed by atoms with Crippen LogP contribution in [0.1, 0.15) is 35.3 Å². The van der Waals surface area contributed by atoms with Gasteiger partial charge in [0.25, 0.3) is 5.91 Å². The number of rotatable bonds is 6. The van der Waals surface area contributed by atoms with E-state index in [0.29, 0.717) is 17.1 Å². The van der Waals surface area contributed by atoms with E-state index >= 15 is 0 Å². The number of carbonyl (C=O) groups is 1. The van der Waals surface area contributed by atoms with Gasteiger partial charge in [-0.3, -0.25) is 4.79 Å². The average molecular weight is 326 g/mol. The molecular formula is C19H22N2O3. The third kappa shape index (κ3) is 4.13. The van der Waals surface area contributed by atoms with Gasteiger partial charge in [-0.25, -0.2) is 5.43 Å². The summed E-state index contributed by atoms with van der Waals surface area (Å²) < 4.78 is 10.4. The number of aryl methyl sites for hydroxylation is 1. The molecule has 0 bridgehead atoms. The quantitative estimate of drug-likeness (QED) is 0.653. The molecule has 5 heteroatoms. The molecule has 126 valence electrons. The minimum Gasteiger partial charge on any atom is -0.497 e. The minimum absolute atomic E-state index is 0.334.